The maximum Gasteiger partial charge on any atom is 0.334 e. The zero-order valence-electron chi connectivity index (χ0n) is 36.5. The highest BCUT2D eigenvalue weighted by molar-refractivity contribution is 7.91. The number of amides is 1. The van der Waals surface area contributed by atoms with Crippen LogP contribution in [0, 0.1) is 20.8 Å². The van der Waals surface area contributed by atoms with E-state index in [0.29, 0.717) is 44.0 Å². The highest BCUT2D eigenvalue weighted by Crippen LogP contribution is 2.43. The van der Waals surface area contributed by atoms with Gasteiger partial charge >= 0.3 is 5.97 Å². The van der Waals surface area contributed by atoms with Crippen molar-refractivity contribution in [2.45, 2.75) is 75.6 Å². The van der Waals surface area contributed by atoms with Crippen molar-refractivity contribution < 1.29 is 41.7 Å². The Morgan fingerprint density at radius 2 is 1.64 bits per heavy atom. The van der Waals surface area contributed by atoms with Crippen molar-refractivity contribution in [3.63, 3.8) is 0 Å². The summed E-state index contributed by atoms with van der Waals surface area (Å²) in [7, 11) is -3.42. The number of ketones is 1. The molecule has 3 N–H and O–H groups in total. The van der Waals surface area contributed by atoms with E-state index in [0.717, 1.165) is 56.3 Å². The van der Waals surface area contributed by atoms with Gasteiger partial charge in [0.15, 0.2) is 38.3 Å². The number of rotatable bonds is 13. The first-order chi connectivity index (χ1) is 31.4. The number of carbonyl (C=O) groups is 3. The number of hydrogen-bond acceptors (Lipinski definition) is 13. The van der Waals surface area contributed by atoms with Crippen molar-refractivity contribution in [3.05, 3.63) is 146 Å². The molecule has 8 rings (SSSR count). The molecule has 0 radical (unpaired) electrons. The molecule has 3 atom stereocenters. The van der Waals surface area contributed by atoms with Gasteiger partial charge in [0.05, 0.1) is 28.9 Å². The van der Waals surface area contributed by atoms with Gasteiger partial charge in [-0.2, -0.15) is 4.31 Å². The quantitative estimate of drug-likeness (QED) is 0.0834. The topological polar surface area (TPSA) is 189 Å². The second-order valence-electron chi connectivity index (χ2n) is 16.2. The Labute approximate surface area is 396 Å². The lowest BCUT2D eigenvalue weighted by molar-refractivity contribution is -0.152. The molecule has 6 aromatic rings. The average Bonchev–Trinajstić information content (AvgIpc) is 3.68. The number of halogens is 2. The molecule has 0 spiro atoms. The van der Waals surface area contributed by atoms with Crippen LogP contribution in [0.3, 0.4) is 0 Å². The Morgan fingerprint density at radius 3 is 2.33 bits per heavy atom. The van der Waals surface area contributed by atoms with E-state index in [2.05, 4.69) is 15.3 Å². The minimum Gasteiger partial charge on any atom is -0.489 e. The monoisotopic (exact) mass is 969 g/mol. The smallest absolute Gasteiger partial charge is 0.334 e. The Hall–Kier alpha value is -5.88. The summed E-state index contributed by atoms with van der Waals surface area (Å²) in [5, 5.41) is 3.51. The first kappa shape index (κ1) is 46.6. The number of nitrogens with zero attached hydrogens (tertiary/aromatic N) is 3. The molecule has 0 bridgehead atoms. The summed E-state index contributed by atoms with van der Waals surface area (Å²) < 4.78 is 54.4. The molecule has 14 nitrogen and oxygen atoms in total. The van der Waals surface area contributed by atoms with Gasteiger partial charge in [-0.05, 0) is 114 Å². The maximum atomic E-state index is 15.1. The van der Waals surface area contributed by atoms with E-state index in [-0.39, 0.29) is 47.6 Å². The van der Waals surface area contributed by atoms with E-state index in [1.54, 1.807) is 42.6 Å². The number of pyridine rings is 1. The lowest BCUT2D eigenvalue weighted by atomic mass is 9.80. The second kappa shape index (κ2) is 18.8. The molecule has 0 saturated heterocycles. The molecule has 18 heteroatoms. The van der Waals surface area contributed by atoms with Gasteiger partial charge in [-0.15, -0.1) is 0 Å². The van der Waals surface area contributed by atoms with Crippen molar-refractivity contribution in [2.24, 2.45) is 5.73 Å². The van der Waals surface area contributed by atoms with Crippen LogP contribution in [-0.2, 0) is 55.1 Å². The molecule has 66 heavy (non-hydrogen) atoms. The highest BCUT2D eigenvalue weighted by atomic mass is 35.5. The average molecular weight is 971 g/mol. The second-order valence-corrected chi connectivity index (χ2v) is 20.1. The van der Waals surface area contributed by atoms with Crippen LogP contribution >= 0.6 is 34.5 Å². The number of nitrogens with two attached hydrogens (primary N) is 1. The molecule has 4 heterocycles. The summed E-state index contributed by atoms with van der Waals surface area (Å²) in [6.45, 7) is 6.83. The van der Waals surface area contributed by atoms with Crippen LogP contribution in [0.25, 0.3) is 11.1 Å². The first-order valence-electron chi connectivity index (χ1n) is 20.8. The number of aromatic nitrogens is 2. The highest BCUT2D eigenvalue weighted by Gasteiger charge is 2.52. The Balaban J connectivity index is 1.09. The van der Waals surface area contributed by atoms with Crippen molar-refractivity contribution in [3.8, 4) is 28.4 Å². The zero-order valence-corrected chi connectivity index (χ0v) is 39.7. The summed E-state index contributed by atoms with van der Waals surface area (Å²) in [4.78, 5) is 49.4. The summed E-state index contributed by atoms with van der Waals surface area (Å²) in [5.74, 6) is -0.929. The van der Waals surface area contributed by atoms with Crippen LogP contribution in [0.4, 0.5) is 5.13 Å². The zero-order chi connectivity index (χ0) is 47.1. The molecular weight excluding hydrogens is 926 g/mol. The number of thiazole rings is 1. The SMILES string of the molecule is COC(=O)[C@](N)(Cc1ccc(-c2ccnc(C)c2C)cc1)C(=O)[C@@H]1Cc2cc3c(cc2CN1S(=O)(=O)c1sc(NC(C)=O)nc1C)O[C@@H](c1ccc(OCc2ccc(Cl)c(Cl)c2)cc1)CO3. The number of esters is 1. The molecular formula is C48H45Cl2N5O9S2. The summed E-state index contributed by atoms with van der Waals surface area (Å²) in [5.41, 5.74) is 11.8. The number of anilines is 1. The predicted octanol–water partition coefficient (Wildman–Crippen LogP) is 8.28. The molecule has 2 aliphatic rings. The molecule has 2 aliphatic heterocycles. The van der Waals surface area contributed by atoms with Gasteiger partial charge in [0, 0.05) is 31.8 Å². The third-order valence-electron chi connectivity index (χ3n) is 11.7. The molecule has 0 fully saturated rings. The molecule has 342 valence electrons. The number of Topliss-reactive ketones (excluding diaryl/α,β-unsaturated/α-hetero) is 1. The maximum absolute atomic E-state index is 15.1. The number of benzene rings is 4. The lowest BCUT2D eigenvalue weighted by Gasteiger charge is -2.39. The molecule has 0 unspecified atom stereocenters. The van der Waals surface area contributed by atoms with Gasteiger partial charge in [-0.3, -0.25) is 14.6 Å². The number of sulfonamides is 1. The third-order valence-corrected chi connectivity index (χ3v) is 16.0. The normalized spacial score (nSPS) is 16.7. The fourth-order valence-electron chi connectivity index (χ4n) is 8.09. The number of hydrogen-bond donors (Lipinski definition) is 2. The fraction of sp³-hybridized carbons (Fsp3) is 0.271. The van der Waals surface area contributed by atoms with Gasteiger partial charge in [0.25, 0.3) is 10.0 Å². The molecule has 0 saturated carbocycles. The van der Waals surface area contributed by atoms with E-state index >= 15 is 4.79 Å². The summed E-state index contributed by atoms with van der Waals surface area (Å²) in [6, 6.07) is 23.8. The van der Waals surface area contributed by atoms with Crippen LogP contribution in [0.2, 0.25) is 10.0 Å². The first-order valence-corrected chi connectivity index (χ1v) is 23.8. The van der Waals surface area contributed by atoms with E-state index < -0.39 is 45.4 Å². The van der Waals surface area contributed by atoms with Gasteiger partial charge in [-0.25, -0.2) is 18.2 Å². The summed E-state index contributed by atoms with van der Waals surface area (Å²) >= 11 is 13.0. The van der Waals surface area contributed by atoms with Gasteiger partial charge in [0.1, 0.15) is 19.0 Å². The van der Waals surface area contributed by atoms with Crippen LogP contribution < -0.4 is 25.3 Å². The van der Waals surface area contributed by atoms with E-state index in [1.165, 1.54) is 13.8 Å². The number of nitrogens with one attached hydrogen (secondary N) is 1. The molecule has 2 aromatic heterocycles. The summed E-state index contributed by atoms with van der Waals surface area (Å²) in [6.07, 6.45) is 0.759. The minimum atomic E-state index is -4.55. The number of carbonyl (C=O) groups excluding carboxylic acids is 3. The molecule has 1 amide bonds. The Bertz CT molecular complexity index is 2980. The van der Waals surface area contributed by atoms with Crippen molar-refractivity contribution >= 4 is 67.4 Å². The van der Waals surface area contributed by atoms with Crippen LogP contribution in [0.1, 0.15) is 57.8 Å². The standard InChI is InChI=1S/C48H45Cl2N5O9S2/c1-26-27(2)52-17-16-37(26)32-9-6-30(7-10-32)22-48(51,46(58)61-5)44(57)40-19-34-20-41-42(21-35(34)23-55(40)66(59,60)45-28(3)53-47(65-45)54-29(4)56)64-43(25-63-41)33-11-13-36(14-12-33)62-24-31-8-15-38(49)39(50)18-31/h6-18,20-21,40,43H,19,22-25,51H2,1-5H3,(H,53,54,56)/t40-,43+,48-/m0/s1. The van der Waals surface area contributed by atoms with Crippen molar-refractivity contribution in [1.82, 2.24) is 14.3 Å². The van der Waals surface area contributed by atoms with Gasteiger partial charge in [0.2, 0.25) is 5.91 Å². The van der Waals surface area contributed by atoms with Crippen LogP contribution in [0.15, 0.2) is 95.3 Å². The van der Waals surface area contributed by atoms with E-state index in [4.69, 9.17) is 47.9 Å². The van der Waals surface area contributed by atoms with Crippen molar-refractivity contribution in [2.75, 3.05) is 19.0 Å². The lowest BCUT2D eigenvalue weighted by Crippen LogP contribution is -2.64. The minimum absolute atomic E-state index is 0.0684. The molecule has 0 aliphatic carbocycles. The fourth-order valence-corrected chi connectivity index (χ4v) is 11.5. The van der Waals surface area contributed by atoms with Crippen LogP contribution in [-0.4, -0.2) is 65.6 Å². The number of fused-ring (bicyclic) bond motifs is 2. The van der Waals surface area contributed by atoms with Gasteiger partial charge < -0.3 is 30.0 Å². The van der Waals surface area contributed by atoms with Gasteiger partial charge in [-0.1, -0.05) is 77.0 Å². The number of methoxy groups -OCH3 is 1. The van der Waals surface area contributed by atoms with Crippen LogP contribution in [0.5, 0.6) is 17.2 Å². The van der Waals surface area contributed by atoms with E-state index in [1.807, 2.05) is 62.4 Å². The number of aryl methyl sites for hydroxylation is 2. The largest absolute Gasteiger partial charge is 0.489 e. The predicted molar refractivity (Wildman–Crippen MR) is 251 cm³/mol. The molecule has 4 aromatic carbocycles. The van der Waals surface area contributed by atoms with E-state index in [9.17, 15) is 18.0 Å². The Morgan fingerprint density at radius 1 is 0.924 bits per heavy atom. The number of ether oxygens (including phenoxy) is 4. The Kier molecular flexibility index (Phi) is 13.3. The third kappa shape index (κ3) is 9.39. The van der Waals surface area contributed by atoms with Crippen molar-refractivity contribution in [1.29, 1.82) is 0 Å².